The zero-order valence-electron chi connectivity index (χ0n) is 15.3. The molecule has 3 N–H and O–H groups in total. The Morgan fingerprint density at radius 1 is 1.21 bits per heavy atom. The lowest BCUT2D eigenvalue weighted by Crippen LogP contribution is -2.43. The number of anilines is 1. The van der Waals surface area contributed by atoms with Gasteiger partial charge in [0.05, 0.1) is 12.2 Å². The molecule has 1 aliphatic heterocycles. The van der Waals surface area contributed by atoms with E-state index in [-0.39, 0.29) is 29.7 Å². The summed E-state index contributed by atoms with van der Waals surface area (Å²) in [5.41, 5.74) is 0.314. The first-order valence-corrected chi connectivity index (χ1v) is 9.35. The molecule has 146 valence electrons. The summed E-state index contributed by atoms with van der Waals surface area (Å²) in [6, 6.07) is 6.08. The summed E-state index contributed by atoms with van der Waals surface area (Å²) in [6.07, 6.45) is 5.30. The van der Waals surface area contributed by atoms with Crippen LogP contribution in [0.5, 0.6) is 5.75 Å². The third-order valence-electron chi connectivity index (χ3n) is 5.07. The molecular formula is C20H22FN5O2. The zero-order valence-corrected chi connectivity index (χ0v) is 15.3. The summed E-state index contributed by atoms with van der Waals surface area (Å²) in [4.78, 5) is 6.39. The molecule has 1 aromatic carbocycles. The van der Waals surface area contributed by atoms with Gasteiger partial charge in [-0.25, -0.2) is 4.39 Å². The Morgan fingerprint density at radius 3 is 2.93 bits per heavy atom. The molecule has 7 nitrogen and oxygen atoms in total. The second-order valence-corrected chi connectivity index (χ2v) is 6.96. The summed E-state index contributed by atoms with van der Waals surface area (Å²) < 4.78 is 14.4. The SMILES string of the molecule is OCCN1CCC[C@@H](Nc2nnc(-c3c(O)cccc3F)c3ccncc23)C1. The number of phenols is 1. The molecule has 3 aromatic rings. The number of pyridine rings is 1. The highest BCUT2D eigenvalue weighted by molar-refractivity contribution is 6.00. The Bertz CT molecular complexity index is 962. The first-order chi connectivity index (χ1) is 13.7. The molecule has 0 radical (unpaired) electrons. The summed E-state index contributed by atoms with van der Waals surface area (Å²) in [6.45, 7) is 2.57. The van der Waals surface area contributed by atoms with Crippen LogP contribution in [0.15, 0.2) is 36.7 Å². The van der Waals surface area contributed by atoms with Gasteiger partial charge in [0, 0.05) is 42.3 Å². The molecule has 3 heterocycles. The molecule has 1 fully saturated rings. The van der Waals surface area contributed by atoms with Gasteiger partial charge in [0.15, 0.2) is 5.82 Å². The van der Waals surface area contributed by atoms with Crippen LogP contribution >= 0.6 is 0 Å². The van der Waals surface area contributed by atoms with Crippen LogP contribution in [0.2, 0.25) is 0 Å². The van der Waals surface area contributed by atoms with Crippen LogP contribution in [-0.4, -0.2) is 62.6 Å². The van der Waals surface area contributed by atoms with Crippen LogP contribution in [0.1, 0.15) is 12.8 Å². The second kappa shape index (κ2) is 8.04. The van der Waals surface area contributed by atoms with Crippen molar-refractivity contribution >= 4 is 16.6 Å². The van der Waals surface area contributed by atoms with Crippen LogP contribution < -0.4 is 5.32 Å². The van der Waals surface area contributed by atoms with E-state index in [1.54, 1.807) is 18.5 Å². The molecule has 0 amide bonds. The number of halogens is 1. The average molecular weight is 383 g/mol. The first-order valence-electron chi connectivity index (χ1n) is 9.35. The number of hydrogen-bond acceptors (Lipinski definition) is 7. The molecular weight excluding hydrogens is 361 g/mol. The van der Waals surface area contributed by atoms with Gasteiger partial charge in [-0.1, -0.05) is 6.07 Å². The van der Waals surface area contributed by atoms with Crippen molar-refractivity contribution < 1.29 is 14.6 Å². The van der Waals surface area contributed by atoms with Crippen molar-refractivity contribution in [1.29, 1.82) is 0 Å². The van der Waals surface area contributed by atoms with Gasteiger partial charge in [0.25, 0.3) is 0 Å². The quantitative estimate of drug-likeness (QED) is 0.623. The van der Waals surface area contributed by atoms with E-state index in [0.29, 0.717) is 17.7 Å². The predicted molar refractivity (Wildman–Crippen MR) is 105 cm³/mol. The Hall–Kier alpha value is -2.84. The third-order valence-corrected chi connectivity index (χ3v) is 5.07. The molecule has 8 heteroatoms. The van der Waals surface area contributed by atoms with Crippen molar-refractivity contribution in [2.75, 3.05) is 31.6 Å². The smallest absolute Gasteiger partial charge is 0.158 e. The number of aliphatic hydroxyl groups excluding tert-OH is 1. The van der Waals surface area contributed by atoms with E-state index in [4.69, 9.17) is 0 Å². The Kier molecular flexibility index (Phi) is 5.31. The standard InChI is InChI=1S/C20H22FN5O2/c21-16-4-1-5-17(28)18(16)19-14-6-7-22-11-15(14)20(25-24-19)23-13-3-2-8-26(12-13)9-10-27/h1,4-7,11,13,27-28H,2-3,8-10,12H2,(H,23,25)/t13-/m1/s1. The maximum Gasteiger partial charge on any atom is 0.158 e. The monoisotopic (exact) mass is 383 g/mol. The fraction of sp³-hybridized carbons (Fsp3) is 0.350. The lowest BCUT2D eigenvalue weighted by Gasteiger charge is -2.33. The minimum atomic E-state index is -0.556. The van der Waals surface area contributed by atoms with Crippen molar-refractivity contribution in [2.24, 2.45) is 0 Å². The number of piperidine rings is 1. The van der Waals surface area contributed by atoms with E-state index < -0.39 is 5.82 Å². The van der Waals surface area contributed by atoms with Crippen molar-refractivity contribution in [1.82, 2.24) is 20.1 Å². The molecule has 1 saturated heterocycles. The zero-order chi connectivity index (χ0) is 19.5. The number of nitrogens with zero attached hydrogens (tertiary/aromatic N) is 4. The normalized spacial score (nSPS) is 17.7. The lowest BCUT2D eigenvalue weighted by molar-refractivity contribution is 0.166. The molecule has 1 atom stereocenters. The molecule has 2 aromatic heterocycles. The maximum absolute atomic E-state index is 14.4. The minimum absolute atomic E-state index is 0.0320. The number of benzene rings is 1. The Labute approximate surface area is 161 Å². The highest BCUT2D eigenvalue weighted by Gasteiger charge is 2.22. The van der Waals surface area contributed by atoms with Gasteiger partial charge in [0.2, 0.25) is 0 Å². The van der Waals surface area contributed by atoms with Gasteiger partial charge in [-0.15, -0.1) is 10.2 Å². The van der Waals surface area contributed by atoms with E-state index in [0.717, 1.165) is 31.3 Å². The van der Waals surface area contributed by atoms with E-state index in [2.05, 4.69) is 25.4 Å². The first kappa shape index (κ1) is 18.5. The molecule has 1 aliphatic rings. The Balaban J connectivity index is 1.70. The van der Waals surface area contributed by atoms with Crippen LogP contribution in [0.4, 0.5) is 10.2 Å². The number of aromatic hydroxyl groups is 1. The molecule has 28 heavy (non-hydrogen) atoms. The van der Waals surface area contributed by atoms with Crippen molar-refractivity contribution in [3.63, 3.8) is 0 Å². The van der Waals surface area contributed by atoms with Crippen LogP contribution in [0.3, 0.4) is 0 Å². The van der Waals surface area contributed by atoms with E-state index >= 15 is 0 Å². The highest BCUT2D eigenvalue weighted by Crippen LogP contribution is 2.36. The number of hydrogen-bond donors (Lipinski definition) is 3. The Morgan fingerprint density at radius 2 is 2.11 bits per heavy atom. The van der Waals surface area contributed by atoms with Crippen molar-refractivity contribution in [3.8, 4) is 17.0 Å². The summed E-state index contributed by atoms with van der Waals surface area (Å²) in [5, 5.41) is 32.6. The number of aromatic nitrogens is 3. The van der Waals surface area contributed by atoms with Gasteiger partial charge in [-0.05, 0) is 37.6 Å². The van der Waals surface area contributed by atoms with Crippen molar-refractivity contribution in [3.05, 3.63) is 42.5 Å². The topological polar surface area (TPSA) is 94.4 Å². The van der Waals surface area contributed by atoms with Gasteiger partial charge in [0.1, 0.15) is 17.3 Å². The van der Waals surface area contributed by atoms with Gasteiger partial charge in [-0.2, -0.15) is 0 Å². The lowest BCUT2D eigenvalue weighted by atomic mass is 10.0. The summed E-state index contributed by atoms with van der Waals surface area (Å²) in [5.74, 6) is -0.154. The molecule has 0 saturated carbocycles. The number of β-amino-alcohol motifs (C(OH)–C–C–N with tert-alkyl or cyclic N) is 1. The van der Waals surface area contributed by atoms with Gasteiger partial charge < -0.3 is 15.5 Å². The number of phenolic OH excluding ortho intramolecular Hbond substituents is 1. The van der Waals surface area contributed by atoms with E-state index in [1.165, 1.54) is 18.2 Å². The number of fused-ring (bicyclic) bond motifs is 1. The molecule has 0 spiro atoms. The van der Waals surface area contributed by atoms with Gasteiger partial charge >= 0.3 is 0 Å². The summed E-state index contributed by atoms with van der Waals surface area (Å²) in [7, 11) is 0. The number of aliphatic hydroxyl groups is 1. The van der Waals surface area contributed by atoms with Crippen LogP contribution in [-0.2, 0) is 0 Å². The molecule has 0 unspecified atom stereocenters. The number of nitrogens with one attached hydrogen (secondary N) is 1. The number of rotatable bonds is 5. The van der Waals surface area contributed by atoms with Crippen LogP contribution in [0.25, 0.3) is 22.0 Å². The van der Waals surface area contributed by atoms with E-state index in [1.807, 2.05) is 0 Å². The number of likely N-dealkylation sites (tertiary alicyclic amines) is 1. The fourth-order valence-electron chi connectivity index (χ4n) is 3.75. The van der Waals surface area contributed by atoms with E-state index in [9.17, 15) is 14.6 Å². The van der Waals surface area contributed by atoms with Crippen molar-refractivity contribution in [2.45, 2.75) is 18.9 Å². The highest BCUT2D eigenvalue weighted by atomic mass is 19.1. The van der Waals surface area contributed by atoms with Gasteiger partial charge in [-0.3, -0.25) is 9.88 Å². The molecule has 0 bridgehead atoms. The predicted octanol–water partition coefficient (Wildman–Crippen LogP) is 2.41. The molecule has 0 aliphatic carbocycles. The second-order valence-electron chi connectivity index (χ2n) is 6.96. The molecule has 4 rings (SSSR count). The minimum Gasteiger partial charge on any atom is -0.507 e. The van der Waals surface area contributed by atoms with Crippen LogP contribution in [0, 0.1) is 5.82 Å². The fourth-order valence-corrected chi connectivity index (χ4v) is 3.75. The third kappa shape index (κ3) is 3.61. The maximum atomic E-state index is 14.4. The largest absolute Gasteiger partial charge is 0.507 e. The average Bonchev–Trinajstić information content (AvgIpc) is 2.70. The summed E-state index contributed by atoms with van der Waals surface area (Å²) >= 11 is 0.